The van der Waals surface area contributed by atoms with E-state index in [1.807, 2.05) is 0 Å². The van der Waals surface area contributed by atoms with Crippen LogP contribution in [0.4, 0.5) is 0 Å². The van der Waals surface area contributed by atoms with Crippen LogP contribution in [0.3, 0.4) is 0 Å². The molecule has 0 aliphatic carbocycles. The largest absolute Gasteiger partial charge is 0.229 e. The van der Waals surface area contributed by atoms with E-state index in [1.54, 1.807) is 39.0 Å². The maximum atomic E-state index is 12.5. The van der Waals surface area contributed by atoms with Gasteiger partial charge < -0.3 is 0 Å². The minimum Gasteiger partial charge on any atom is -0.229 e. The summed E-state index contributed by atoms with van der Waals surface area (Å²) in [4.78, 5) is 0. The van der Waals surface area contributed by atoms with Gasteiger partial charge in [-0.1, -0.05) is 36.5 Å². The number of hydrogen-bond acceptors (Lipinski definition) is 6. The second-order valence-corrected chi connectivity index (χ2v) is 12.7. The average molecular weight is 427 g/mol. The Labute approximate surface area is 158 Å². The van der Waals surface area contributed by atoms with Crippen LogP contribution in [-0.4, -0.2) is 59.3 Å². The van der Waals surface area contributed by atoms with Gasteiger partial charge in [0, 0.05) is 0 Å². The van der Waals surface area contributed by atoms with Gasteiger partial charge >= 0.3 is 0 Å². The second kappa shape index (κ2) is 11.7. The first-order chi connectivity index (χ1) is 12.0. The second-order valence-electron chi connectivity index (χ2n) is 5.96. The molecule has 0 fully saturated rings. The maximum Gasteiger partial charge on any atom is 0.156 e. The fourth-order valence-electron chi connectivity index (χ4n) is 2.14. The maximum absolute atomic E-state index is 12.5. The molecule has 0 atom stereocenters. The Bertz CT molecular complexity index is 753. The topological polar surface area (TPSA) is 102 Å². The van der Waals surface area contributed by atoms with Gasteiger partial charge in [0.05, 0.1) is 34.0 Å². The summed E-state index contributed by atoms with van der Waals surface area (Å²) in [6, 6.07) is 0. The van der Waals surface area contributed by atoms with Crippen LogP contribution in [0.2, 0.25) is 0 Å². The molecule has 0 saturated heterocycles. The third kappa shape index (κ3) is 10.9. The fraction of sp³-hybridized carbons (Fsp3) is 0.647. The van der Waals surface area contributed by atoms with E-state index in [0.29, 0.717) is 0 Å². The molecule has 152 valence electrons. The molecule has 0 rings (SSSR count). The van der Waals surface area contributed by atoms with Gasteiger partial charge in [0.15, 0.2) is 29.5 Å². The zero-order valence-electron chi connectivity index (χ0n) is 15.7. The van der Waals surface area contributed by atoms with Crippen LogP contribution in [0.25, 0.3) is 0 Å². The monoisotopic (exact) mass is 426 g/mol. The molecule has 0 unspecified atom stereocenters. The number of sulfone groups is 3. The number of hydrogen-bond donors (Lipinski definition) is 0. The Morgan fingerprint density at radius 2 is 0.962 bits per heavy atom. The molecular formula is C17H30O6S3. The third-order valence-electron chi connectivity index (χ3n) is 3.75. The molecule has 0 N–H and O–H groups in total. The Balaban J connectivity index is 5.25. The zero-order valence-corrected chi connectivity index (χ0v) is 18.1. The van der Waals surface area contributed by atoms with Crippen molar-refractivity contribution in [2.45, 2.75) is 38.9 Å². The first-order valence-corrected chi connectivity index (χ1v) is 13.8. The zero-order chi connectivity index (χ0) is 20.3. The highest BCUT2D eigenvalue weighted by Gasteiger charge is 2.27. The van der Waals surface area contributed by atoms with Crippen LogP contribution < -0.4 is 0 Å². The molecule has 0 aliphatic heterocycles. The van der Waals surface area contributed by atoms with Gasteiger partial charge in [-0.15, -0.1) is 0 Å². The van der Waals surface area contributed by atoms with Crippen LogP contribution in [0.15, 0.2) is 36.5 Å². The van der Waals surface area contributed by atoms with Crippen LogP contribution in [0.1, 0.15) is 33.6 Å². The predicted octanol–water partition coefficient (Wildman–Crippen LogP) is 2.11. The van der Waals surface area contributed by atoms with E-state index in [0.717, 1.165) is 0 Å². The summed E-state index contributed by atoms with van der Waals surface area (Å²) in [5, 5.41) is -1.00. The van der Waals surface area contributed by atoms with Crippen molar-refractivity contribution >= 4 is 29.5 Å². The van der Waals surface area contributed by atoms with Crippen molar-refractivity contribution in [1.82, 2.24) is 0 Å². The quantitative estimate of drug-likeness (QED) is 0.418. The Kier molecular flexibility index (Phi) is 11.3. The third-order valence-corrected chi connectivity index (χ3v) is 9.01. The lowest BCUT2D eigenvalue weighted by atomic mass is 10.3. The molecule has 0 radical (unpaired) electrons. The predicted molar refractivity (Wildman–Crippen MR) is 109 cm³/mol. The van der Waals surface area contributed by atoms with Gasteiger partial charge in [-0.25, -0.2) is 25.3 Å². The molecule has 0 aromatic rings. The van der Waals surface area contributed by atoms with E-state index in [-0.39, 0.29) is 41.6 Å². The van der Waals surface area contributed by atoms with Crippen molar-refractivity contribution in [3.8, 4) is 0 Å². The van der Waals surface area contributed by atoms with Crippen LogP contribution in [-0.2, 0) is 29.5 Å². The van der Waals surface area contributed by atoms with E-state index in [2.05, 4.69) is 0 Å². The molecule has 0 spiro atoms. The fourth-order valence-corrected chi connectivity index (χ4v) is 6.72. The van der Waals surface area contributed by atoms with Crippen molar-refractivity contribution in [3.63, 3.8) is 0 Å². The summed E-state index contributed by atoms with van der Waals surface area (Å²) in [6.45, 7) is 5.10. The SMILES string of the molecule is CC=CCS(=O)(=O)CCC(CCS(=O)(=O)CC=CC)S(=O)(=O)CC=CC. The summed E-state index contributed by atoms with van der Waals surface area (Å²) in [6.07, 6.45) is 9.11. The molecule has 0 bridgehead atoms. The highest BCUT2D eigenvalue weighted by molar-refractivity contribution is 7.93. The van der Waals surface area contributed by atoms with Crippen molar-refractivity contribution in [3.05, 3.63) is 36.5 Å². The standard InChI is InChI=1S/C17H30O6S3/c1-4-7-12-24(18,19)15-10-17(26(22,23)14-9-6-3)11-16-25(20,21)13-8-5-2/h4-9,17H,10-16H2,1-3H3. The van der Waals surface area contributed by atoms with Gasteiger partial charge in [0.1, 0.15) is 0 Å². The molecule has 0 heterocycles. The first kappa shape index (κ1) is 25.1. The van der Waals surface area contributed by atoms with E-state index in [1.165, 1.54) is 18.2 Å². The molecule has 26 heavy (non-hydrogen) atoms. The van der Waals surface area contributed by atoms with Gasteiger partial charge in [-0.3, -0.25) is 0 Å². The highest BCUT2D eigenvalue weighted by atomic mass is 32.2. The lowest BCUT2D eigenvalue weighted by Crippen LogP contribution is -2.29. The van der Waals surface area contributed by atoms with Gasteiger partial charge in [0.25, 0.3) is 0 Å². The number of rotatable bonds is 13. The Morgan fingerprint density at radius 3 is 1.31 bits per heavy atom. The molecule has 0 saturated carbocycles. The van der Waals surface area contributed by atoms with Gasteiger partial charge in [-0.05, 0) is 33.6 Å². The minimum atomic E-state index is -3.62. The lowest BCUT2D eigenvalue weighted by molar-refractivity contribution is 0.567. The van der Waals surface area contributed by atoms with Crippen molar-refractivity contribution in [1.29, 1.82) is 0 Å². The molecular weight excluding hydrogens is 396 g/mol. The lowest BCUT2D eigenvalue weighted by Gasteiger charge is -2.17. The summed E-state index contributed by atoms with van der Waals surface area (Å²) >= 11 is 0. The van der Waals surface area contributed by atoms with Crippen LogP contribution in [0.5, 0.6) is 0 Å². The van der Waals surface area contributed by atoms with Crippen LogP contribution in [0, 0.1) is 0 Å². The highest BCUT2D eigenvalue weighted by Crippen LogP contribution is 2.16. The number of allylic oxidation sites excluding steroid dienone is 3. The van der Waals surface area contributed by atoms with E-state index < -0.39 is 34.8 Å². The smallest absolute Gasteiger partial charge is 0.156 e. The summed E-state index contributed by atoms with van der Waals surface area (Å²) in [5.74, 6) is -1.09. The normalized spacial score (nSPS) is 15.3. The van der Waals surface area contributed by atoms with Gasteiger partial charge in [0.2, 0.25) is 0 Å². The van der Waals surface area contributed by atoms with Crippen molar-refractivity contribution in [2.75, 3.05) is 28.8 Å². The van der Waals surface area contributed by atoms with Crippen LogP contribution >= 0.6 is 0 Å². The van der Waals surface area contributed by atoms with E-state index >= 15 is 0 Å². The molecule has 9 heteroatoms. The molecule has 0 aromatic heterocycles. The minimum absolute atomic E-state index is 0.0983. The molecule has 0 aliphatic rings. The molecule has 0 amide bonds. The Hall–Kier alpha value is -0.930. The summed E-state index contributed by atoms with van der Waals surface area (Å²) < 4.78 is 72.9. The molecule has 6 nitrogen and oxygen atoms in total. The Morgan fingerprint density at radius 1 is 0.615 bits per heavy atom. The summed E-state index contributed by atoms with van der Waals surface area (Å²) in [5.41, 5.74) is 0. The van der Waals surface area contributed by atoms with Gasteiger partial charge in [-0.2, -0.15) is 0 Å². The van der Waals surface area contributed by atoms with Crippen molar-refractivity contribution in [2.24, 2.45) is 0 Å². The first-order valence-electron chi connectivity index (χ1n) is 8.45. The van der Waals surface area contributed by atoms with E-state index in [4.69, 9.17) is 0 Å². The summed E-state index contributed by atoms with van der Waals surface area (Å²) in [7, 11) is -10.5. The van der Waals surface area contributed by atoms with Crippen molar-refractivity contribution < 1.29 is 25.3 Å². The molecule has 0 aromatic carbocycles. The van der Waals surface area contributed by atoms with E-state index in [9.17, 15) is 25.3 Å². The average Bonchev–Trinajstić information content (AvgIpc) is 2.56.